The quantitative estimate of drug-likeness (QED) is 0.683. The zero-order chi connectivity index (χ0) is 12.3. The van der Waals surface area contributed by atoms with Gasteiger partial charge in [-0.15, -0.1) is 0 Å². The van der Waals surface area contributed by atoms with Crippen molar-refractivity contribution in [2.24, 2.45) is 0 Å². The van der Waals surface area contributed by atoms with Gasteiger partial charge in [0, 0.05) is 33.4 Å². The molecule has 1 saturated heterocycles. The molecule has 1 aliphatic carbocycles. The average molecular weight is 242 g/mol. The van der Waals surface area contributed by atoms with Crippen LogP contribution in [-0.4, -0.2) is 62.9 Å². The van der Waals surface area contributed by atoms with Gasteiger partial charge in [-0.25, -0.2) is 0 Å². The van der Waals surface area contributed by atoms with Crippen molar-refractivity contribution in [2.45, 2.75) is 37.5 Å². The first-order valence-electron chi connectivity index (χ1n) is 6.31. The molecule has 1 N–H and O–H groups in total. The monoisotopic (exact) mass is 242 g/mol. The van der Waals surface area contributed by atoms with Gasteiger partial charge in [-0.2, -0.15) is 0 Å². The second kappa shape index (κ2) is 5.80. The van der Waals surface area contributed by atoms with E-state index in [2.05, 4.69) is 5.32 Å². The Hall–Kier alpha value is -0.650. The first-order valence-corrected chi connectivity index (χ1v) is 6.31. The Balaban J connectivity index is 1.79. The smallest absolute Gasteiger partial charge is 0.239 e. The molecule has 0 aromatic carbocycles. The number of ether oxygens (including phenoxy) is 2. The largest absolute Gasteiger partial charge is 0.382 e. The Labute approximate surface area is 102 Å². The van der Waals surface area contributed by atoms with Crippen molar-refractivity contribution in [1.29, 1.82) is 0 Å². The fourth-order valence-electron chi connectivity index (χ4n) is 2.24. The second-order valence-corrected chi connectivity index (χ2v) is 4.88. The first kappa shape index (κ1) is 12.8. The molecule has 2 atom stereocenters. The lowest BCUT2D eigenvalue weighted by atomic mass is 10.2. The van der Waals surface area contributed by atoms with Crippen molar-refractivity contribution < 1.29 is 14.3 Å². The Morgan fingerprint density at radius 3 is 2.76 bits per heavy atom. The molecule has 2 unspecified atom stereocenters. The van der Waals surface area contributed by atoms with Crippen LogP contribution in [0.2, 0.25) is 0 Å². The highest BCUT2D eigenvalue weighted by Gasteiger charge is 2.36. The van der Waals surface area contributed by atoms with Gasteiger partial charge in [0.05, 0.1) is 18.8 Å². The van der Waals surface area contributed by atoms with Crippen LogP contribution in [0.1, 0.15) is 19.3 Å². The number of hydrogen-bond acceptors (Lipinski definition) is 4. The van der Waals surface area contributed by atoms with Gasteiger partial charge in [0.15, 0.2) is 0 Å². The fourth-order valence-corrected chi connectivity index (χ4v) is 2.24. The number of carbonyl (C=O) groups excluding carboxylic acids is 1. The molecule has 1 heterocycles. The van der Waals surface area contributed by atoms with Gasteiger partial charge in [0.25, 0.3) is 0 Å². The molecule has 2 rings (SSSR count). The number of likely N-dealkylation sites (tertiary alicyclic amines) is 1. The topological polar surface area (TPSA) is 50.8 Å². The summed E-state index contributed by atoms with van der Waals surface area (Å²) >= 11 is 0. The van der Waals surface area contributed by atoms with E-state index in [1.165, 1.54) is 12.8 Å². The van der Waals surface area contributed by atoms with Crippen LogP contribution >= 0.6 is 0 Å². The third-order valence-electron chi connectivity index (χ3n) is 3.42. The van der Waals surface area contributed by atoms with Gasteiger partial charge in [-0.3, -0.25) is 4.79 Å². The molecule has 0 bridgehead atoms. The zero-order valence-corrected chi connectivity index (χ0v) is 10.6. The van der Waals surface area contributed by atoms with E-state index in [0.717, 1.165) is 13.0 Å². The summed E-state index contributed by atoms with van der Waals surface area (Å²) in [6.45, 7) is 1.99. The first-order chi connectivity index (χ1) is 8.24. The van der Waals surface area contributed by atoms with Crippen LogP contribution < -0.4 is 5.32 Å². The van der Waals surface area contributed by atoms with Gasteiger partial charge in [-0.05, 0) is 19.3 Å². The second-order valence-electron chi connectivity index (χ2n) is 4.88. The molecule has 0 aromatic heterocycles. The maximum Gasteiger partial charge on any atom is 0.239 e. The Morgan fingerprint density at radius 1 is 1.41 bits per heavy atom. The predicted molar refractivity (Wildman–Crippen MR) is 63.8 cm³/mol. The van der Waals surface area contributed by atoms with Gasteiger partial charge in [0.1, 0.15) is 0 Å². The van der Waals surface area contributed by atoms with Gasteiger partial charge in [-0.1, -0.05) is 0 Å². The van der Waals surface area contributed by atoms with Crippen molar-refractivity contribution in [2.75, 3.05) is 33.9 Å². The van der Waals surface area contributed by atoms with Crippen LogP contribution in [0, 0.1) is 0 Å². The summed E-state index contributed by atoms with van der Waals surface area (Å²) < 4.78 is 10.4. The van der Waals surface area contributed by atoms with Crippen LogP contribution in [0.4, 0.5) is 0 Å². The summed E-state index contributed by atoms with van der Waals surface area (Å²) in [6.07, 6.45) is 3.32. The molecule has 98 valence electrons. The number of amides is 1. The Kier molecular flexibility index (Phi) is 4.36. The van der Waals surface area contributed by atoms with Gasteiger partial charge >= 0.3 is 0 Å². The van der Waals surface area contributed by atoms with Gasteiger partial charge in [0.2, 0.25) is 5.91 Å². The Morgan fingerprint density at radius 2 is 2.18 bits per heavy atom. The molecule has 1 amide bonds. The van der Waals surface area contributed by atoms with Gasteiger partial charge < -0.3 is 19.7 Å². The molecule has 0 aromatic rings. The van der Waals surface area contributed by atoms with Crippen LogP contribution in [0.5, 0.6) is 0 Å². The molecular weight excluding hydrogens is 220 g/mol. The third-order valence-corrected chi connectivity index (χ3v) is 3.42. The summed E-state index contributed by atoms with van der Waals surface area (Å²) in [5.74, 6) is 0.218. The Bertz CT molecular complexity index is 268. The number of methoxy groups -OCH3 is 2. The summed E-state index contributed by atoms with van der Waals surface area (Å²) in [5, 5.41) is 3.39. The van der Waals surface area contributed by atoms with E-state index in [1.54, 1.807) is 14.2 Å². The maximum absolute atomic E-state index is 12.1. The zero-order valence-electron chi connectivity index (χ0n) is 10.6. The van der Waals surface area contributed by atoms with E-state index in [9.17, 15) is 4.79 Å². The van der Waals surface area contributed by atoms with E-state index >= 15 is 0 Å². The highest BCUT2D eigenvalue weighted by Crippen LogP contribution is 2.22. The summed E-state index contributed by atoms with van der Waals surface area (Å²) in [6, 6.07) is 0.614. The average Bonchev–Trinajstić information content (AvgIpc) is 3.08. The molecule has 1 saturated carbocycles. The molecule has 0 radical (unpaired) electrons. The standard InChI is InChI=1S/C12H22N2O3/c1-16-8-10(17-2)7-14-6-5-11(12(14)15)13-9-3-4-9/h9-11,13H,3-8H2,1-2H3. The fraction of sp³-hybridized carbons (Fsp3) is 0.917. The lowest BCUT2D eigenvalue weighted by molar-refractivity contribution is -0.131. The molecule has 0 spiro atoms. The highest BCUT2D eigenvalue weighted by molar-refractivity contribution is 5.84. The van der Waals surface area contributed by atoms with Crippen molar-refractivity contribution in [3.8, 4) is 0 Å². The number of nitrogens with zero attached hydrogens (tertiary/aromatic N) is 1. The number of rotatable bonds is 7. The molecular formula is C12H22N2O3. The lowest BCUT2D eigenvalue weighted by Gasteiger charge is -2.22. The van der Waals surface area contributed by atoms with Crippen LogP contribution in [0.25, 0.3) is 0 Å². The number of hydrogen-bond donors (Lipinski definition) is 1. The molecule has 17 heavy (non-hydrogen) atoms. The minimum atomic E-state index is -0.0244. The maximum atomic E-state index is 12.1. The van der Waals surface area contributed by atoms with Crippen LogP contribution in [0.15, 0.2) is 0 Å². The lowest BCUT2D eigenvalue weighted by Crippen LogP contribution is -2.42. The van der Waals surface area contributed by atoms with Crippen molar-refractivity contribution in [3.63, 3.8) is 0 Å². The summed E-state index contributed by atoms with van der Waals surface area (Å²) in [5.41, 5.74) is 0. The predicted octanol–water partition coefficient (Wildman–Crippen LogP) is 0.000700. The SMILES string of the molecule is COCC(CN1CCC(NC2CC2)C1=O)OC. The normalized spacial score (nSPS) is 26.6. The molecule has 2 aliphatic rings. The highest BCUT2D eigenvalue weighted by atomic mass is 16.5. The summed E-state index contributed by atoms with van der Waals surface area (Å²) in [7, 11) is 3.31. The minimum absolute atomic E-state index is 0.0244. The third kappa shape index (κ3) is 3.40. The molecule has 2 fully saturated rings. The number of carbonyl (C=O) groups is 1. The van der Waals surface area contributed by atoms with E-state index in [-0.39, 0.29) is 18.1 Å². The van der Waals surface area contributed by atoms with Crippen LogP contribution in [0.3, 0.4) is 0 Å². The van der Waals surface area contributed by atoms with Crippen LogP contribution in [-0.2, 0) is 14.3 Å². The molecule has 5 nitrogen and oxygen atoms in total. The van der Waals surface area contributed by atoms with E-state index in [4.69, 9.17) is 9.47 Å². The molecule has 5 heteroatoms. The van der Waals surface area contributed by atoms with Crippen molar-refractivity contribution in [3.05, 3.63) is 0 Å². The number of nitrogens with one attached hydrogen (secondary N) is 1. The van der Waals surface area contributed by atoms with E-state index in [1.807, 2.05) is 4.90 Å². The van der Waals surface area contributed by atoms with Crippen molar-refractivity contribution >= 4 is 5.91 Å². The summed E-state index contributed by atoms with van der Waals surface area (Å²) in [4.78, 5) is 14.0. The van der Waals surface area contributed by atoms with E-state index < -0.39 is 0 Å². The van der Waals surface area contributed by atoms with E-state index in [0.29, 0.717) is 19.2 Å². The molecule has 1 aliphatic heterocycles. The van der Waals surface area contributed by atoms with Crippen molar-refractivity contribution in [1.82, 2.24) is 10.2 Å². The minimum Gasteiger partial charge on any atom is -0.382 e.